The van der Waals surface area contributed by atoms with Gasteiger partial charge in [0, 0.05) is 5.69 Å². The maximum Gasteiger partial charge on any atom is 0.416 e. The summed E-state index contributed by atoms with van der Waals surface area (Å²) < 4.78 is 77.1. The molecular formula is C17H16F4N2O3S. The Kier molecular flexibility index (Phi) is 5.79. The second-order valence-corrected chi connectivity index (χ2v) is 7.61. The summed E-state index contributed by atoms with van der Waals surface area (Å²) in [5.41, 5.74) is -1.47. The van der Waals surface area contributed by atoms with Gasteiger partial charge in [-0.05, 0) is 37.3 Å². The molecule has 0 fully saturated rings. The fraction of sp³-hybridized carbons (Fsp3) is 0.235. The second kappa shape index (κ2) is 7.55. The predicted molar refractivity (Wildman–Crippen MR) is 93.3 cm³/mol. The van der Waals surface area contributed by atoms with Crippen LogP contribution < -0.4 is 9.62 Å². The van der Waals surface area contributed by atoms with Crippen molar-refractivity contribution >= 4 is 27.3 Å². The van der Waals surface area contributed by atoms with Gasteiger partial charge in [0.2, 0.25) is 15.9 Å². The topological polar surface area (TPSA) is 66.5 Å². The van der Waals surface area contributed by atoms with Gasteiger partial charge in [-0.2, -0.15) is 13.2 Å². The van der Waals surface area contributed by atoms with Gasteiger partial charge in [-0.15, -0.1) is 0 Å². The average molecular weight is 404 g/mol. The van der Waals surface area contributed by atoms with Gasteiger partial charge < -0.3 is 5.32 Å². The molecule has 1 unspecified atom stereocenters. The van der Waals surface area contributed by atoms with Crippen LogP contribution in [0.15, 0.2) is 48.5 Å². The SMILES string of the molecule is CC(C(=O)Nc1cccc(C(F)(F)F)c1)N(c1ccccc1F)S(C)(=O)=O. The molecule has 146 valence electrons. The van der Waals surface area contributed by atoms with Gasteiger partial charge in [0.25, 0.3) is 0 Å². The first-order valence-corrected chi connectivity index (χ1v) is 9.48. The first kappa shape index (κ1) is 20.7. The molecule has 2 rings (SSSR count). The molecule has 0 bridgehead atoms. The van der Waals surface area contributed by atoms with Crippen molar-refractivity contribution in [1.82, 2.24) is 0 Å². The number of anilines is 2. The maximum absolute atomic E-state index is 14.0. The number of hydrogen-bond acceptors (Lipinski definition) is 3. The lowest BCUT2D eigenvalue weighted by Crippen LogP contribution is -2.45. The lowest BCUT2D eigenvalue weighted by Gasteiger charge is -2.28. The highest BCUT2D eigenvalue weighted by Crippen LogP contribution is 2.31. The number of alkyl halides is 3. The lowest BCUT2D eigenvalue weighted by molar-refractivity contribution is -0.137. The van der Waals surface area contributed by atoms with Crippen LogP contribution >= 0.6 is 0 Å². The minimum absolute atomic E-state index is 0.163. The maximum atomic E-state index is 14.0. The van der Waals surface area contributed by atoms with E-state index in [0.29, 0.717) is 4.31 Å². The van der Waals surface area contributed by atoms with Crippen LogP contribution in [0.4, 0.5) is 28.9 Å². The zero-order valence-electron chi connectivity index (χ0n) is 14.3. The number of amides is 1. The van der Waals surface area contributed by atoms with Crippen molar-refractivity contribution in [3.8, 4) is 0 Å². The average Bonchev–Trinajstić information content (AvgIpc) is 2.55. The van der Waals surface area contributed by atoms with E-state index in [4.69, 9.17) is 0 Å². The largest absolute Gasteiger partial charge is 0.416 e. The normalized spacial score (nSPS) is 13.1. The van der Waals surface area contributed by atoms with Crippen molar-refractivity contribution < 1.29 is 30.8 Å². The quantitative estimate of drug-likeness (QED) is 0.774. The van der Waals surface area contributed by atoms with Gasteiger partial charge in [-0.1, -0.05) is 18.2 Å². The van der Waals surface area contributed by atoms with Crippen LogP contribution in [0.5, 0.6) is 0 Å². The first-order chi connectivity index (χ1) is 12.4. The van der Waals surface area contributed by atoms with Crippen LogP contribution in [-0.4, -0.2) is 26.6 Å². The van der Waals surface area contributed by atoms with E-state index in [0.717, 1.165) is 30.5 Å². The van der Waals surface area contributed by atoms with Crippen molar-refractivity contribution in [2.45, 2.75) is 19.1 Å². The third kappa shape index (κ3) is 4.97. The molecular weight excluding hydrogens is 388 g/mol. The molecule has 0 saturated heterocycles. The highest BCUT2D eigenvalue weighted by atomic mass is 32.2. The van der Waals surface area contributed by atoms with Crippen molar-refractivity contribution in [2.75, 3.05) is 15.9 Å². The molecule has 27 heavy (non-hydrogen) atoms. The van der Waals surface area contributed by atoms with Crippen LogP contribution in [0.1, 0.15) is 12.5 Å². The molecule has 5 nitrogen and oxygen atoms in total. The monoisotopic (exact) mass is 404 g/mol. The minimum atomic E-state index is -4.60. The number of sulfonamides is 1. The van der Waals surface area contributed by atoms with E-state index in [-0.39, 0.29) is 11.4 Å². The highest BCUT2D eigenvalue weighted by molar-refractivity contribution is 7.92. The third-order valence-corrected chi connectivity index (χ3v) is 4.86. The van der Waals surface area contributed by atoms with E-state index < -0.39 is 39.5 Å². The summed E-state index contributed by atoms with van der Waals surface area (Å²) in [6, 6.07) is 7.45. The minimum Gasteiger partial charge on any atom is -0.324 e. The Morgan fingerprint density at radius 2 is 1.74 bits per heavy atom. The molecule has 0 aromatic heterocycles. The number of hydrogen-bond donors (Lipinski definition) is 1. The molecule has 0 aliphatic heterocycles. The number of benzene rings is 2. The van der Waals surface area contributed by atoms with Crippen LogP contribution in [0, 0.1) is 5.82 Å². The van der Waals surface area contributed by atoms with Crippen molar-refractivity contribution in [3.63, 3.8) is 0 Å². The number of nitrogens with zero attached hydrogens (tertiary/aromatic N) is 1. The Hall–Kier alpha value is -2.62. The Balaban J connectivity index is 2.33. The summed E-state index contributed by atoms with van der Waals surface area (Å²) >= 11 is 0. The lowest BCUT2D eigenvalue weighted by atomic mass is 10.2. The van der Waals surface area contributed by atoms with Crippen LogP contribution in [0.3, 0.4) is 0 Å². The molecule has 1 N–H and O–H groups in total. The summed E-state index contributed by atoms with van der Waals surface area (Å²) in [5, 5.41) is 2.23. The molecule has 0 aliphatic carbocycles. The summed E-state index contributed by atoms with van der Waals surface area (Å²) in [4.78, 5) is 12.4. The van der Waals surface area contributed by atoms with Gasteiger partial charge in [0.05, 0.1) is 17.5 Å². The fourth-order valence-electron chi connectivity index (χ4n) is 2.43. The van der Waals surface area contributed by atoms with E-state index in [1.54, 1.807) is 0 Å². The smallest absolute Gasteiger partial charge is 0.324 e. The number of nitrogens with one attached hydrogen (secondary N) is 1. The van der Waals surface area contributed by atoms with E-state index >= 15 is 0 Å². The molecule has 1 amide bonds. The molecule has 2 aromatic carbocycles. The van der Waals surface area contributed by atoms with Gasteiger partial charge in [-0.3, -0.25) is 9.10 Å². The Morgan fingerprint density at radius 1 is 1.11 bits per heavy atom. The molecule has 0 spiro atoms. The zero-order valence-corrected chi connectivity index (χ0v) is 15.1. The van der Waals surface area contributed by atoms with Crippen LogP contribution in [0.2, 0.25) is 0 Å². The molecule has 0 saturated carbocycles. The Labute approximate surface area is 153 Å². The molecule has 0 radical (unpaired) electrons. The van der Waals surface area contributed by atoms with Crippen LogP contribution in [0.25, 0.3) is 0 Å². The third-order valence-electron chi connectivity index (χ3n) is 3.64. The molecule has 2 aromatic rings. The molecule has 0 heterocycles. The van der Waals surface area contributed by atoms with Gasteiger partial charge in [0.15, 0.2) is 0 Å². The Bertz CT molecular complexity index is 945. The number of carbonyl (C=O) groups excluding carboxylic acids is 1. The summed E-state index contributed by atoms with van der Waals surface area (Å²) in [5.74, 6) is -1.77. The number of para-hydroxylation sites is 1. The van der Waals surface area contributed by atoms with Crippen molar-refractivity contribution in [1.29, 1.82) is 0 Å². The Morgan fingerprint density at radius 3 is 2.30 bits per heavy atom. The predicted octanol–water partition coefficient (Wildman–Crippen LogP) is 3.64. The molecule has 0 aliphatic rings. The summed E-state index contributed by atoms with van der Waals surface area (Å²) in [6.45, 7) is 1.20. The summed E-state index contributed by atoms with van der Waals surface area (Å²) in [7, 11) is -4.06. The first-order valence-electron chi connectivity index (χ1n) is 7.63. The molecule has 1 atom stereocenters. The van der Waals surface area contributed by atoms with E-state index in [1.807, 2.05) is 0 Å². The van der Waals surface area contributed by atoms with Crippen LogP contribution in [-0.2, 0) is 21.0 Å². The number of carbonyl (C=O) groups is 1. The highest BCUT2D eigenvalue weighted by Gasteiger charge is 2.32. The van der Waals surface area contributed by atoms with Gasteiger partial charge in [-0.25, -0.2) is 12.8 Å². The fourth-order valence-corrected chi connectivity index (χ4v) is 3.61. The van der Waals surface area contributed by atoms with E-state index in [1.165, 1.54) is 31.2 Å². The second-order valence-electron chi connectivity index (χ2n) is 5.75. The van der Waals surface area contributed by atoms with Gasteiger partial charge in [0.1, 0.15) is 11.9 Å². The number of rotatable bonds is 5. The van der Waals surface area contributed by atoms with Gasteiger partial charge >= 0.3 is 6.18 Å². The van der Waals surface area contributed by atoms with Crippen molar-refractivity contribution in [2.24, 2.45) is 0 Å². The van der Waals surface area contributed by atoms with Crippen molar-refractivity contribution in [3.05, 3.63) is 59.9 Å². The number of halogens is 4. The zero-order chi connectivity index (χ0) is 20.4. The van der Waals surface area contributed by atoms with E-state index in [9.17, 15) is 30.8 Å². The molecule has 10 heteroatoms. The summed E-state index contributed by atoms with van der Waals surface area (Å²) in [6.07, 6.45) is -3.80. The standard InChI is InChI=1S/C17H16F4N2O3S/c1-11(23(27(2,25)26)15-9-4-3-8-14(15)18)16(24)22-13-7-5-6-12(10-13)17(19,20)21/h3-11H,1-2H3,(H,22,24). The van der Waals surface area contributed by atoms with E-state index in [2.05, 4.69) is 5.32 Å².